The molecule has 0 saturated carbocycles. The molecule has 0 N–H and O–H groups in total. The van der Waals surface area contributed by atoms with Crippen molar-refractivity contribution in [1.29, 1.82) is 0 Å². The largest absolute Gasteiger partial charge is 0.497 e. The standard InChI is InChI=1S/C17H26FNO2/c1-20-10-4-6-14-5-3-9-19(12-14)13-15-11-16(21-2)7-8-17(15)18/h7-8,11,14H,3-6,9-10,12-13H2,1-2H3. The number of methoxy groups -OCH3 is 2. The fourth-order valence-corrected chi connectivity index (χ4v) is 3.09. The van der Waals surface area contributed by atoms with E-state index in [9.17, 15) is 4.39 Å². The lowest BCUT2D eigenvalue weighted by Gasteiger charge is -2.33. The Kier molecular flexibility index (Phi) is 6.46. The molecule has 0 spiro atoms. The van der Waals surface area contributed by atoms with Crippen LogP contribution >= 0.6 is 0 Å². The van der Waals surface area contributed by atoms with Crippen LogP contribution in [0.1, 0.15) is 31.2 Å². The van der Waals surface area contributed by atoms with Crippen molar-refractivity contribution >= 4 is 0 Å². The van der Waals surface area contributed by atoms with Crippen molar-refractivity contribution in [1.82, 2.24) is 4.90 Å². The van der Waals surface area contributed by atoms with Gasteiger partial charge in [-0.1, -0.05) is 0 Å². The first kappa shape index (κ1) is 16.2. The zero-order valence-corrected chi connectivity index (χ0v) is 13.1. The van der Waals surface area contributed by atoms with Crippen molar-refractivity contribution in [3.8, 4) is 5.75 Å². The SMILES string of the molecule is COCCCC1CCCN(Cc2cc(OC)ccc2F)C1. The number of nitrogens with zero attached hydrogens (tertiary/aromatic N) is 1. The van der Waals surface area contributed by atoms with E-state index in [-0.39, 0.29) is 5.82 Å². The smallest absolute Gasteiger partial charge is 0.127 e. The summed E-state index contributed by atoms with van der Waals surface area (Å²) in [5.41, 5.74) is 0.729. The molecule has 21 heavy (non-hydrogen) atoms. The van der Waals surface area contributed by atoms with Crippen LogP contribution in [-0.4, -0.2) is 38.8 Å². The van der Waals surface area contributed by atoms with Gasteiger partial charge in [0.2, 0.25) is 0 Å². The first-order valence-electron chi connectivity index (χ1n) is 7.76. The number of halogens is 1. The Bertz CT molecular complexity index is 439. The van der Waals surface area contributed by atoms with E-state index in [1.54, 1.807) is 20.3 Å². The first-order valence-corrected chi connectivity index (χ1v) is 7.76. The van der Waals surface area contributed by atoms with E-state index in [1.165, 1.54) is 25.3 Å². The second kappa shape index (κ2) is 8.35. The number of hydrogen-bond donors (Lipinski definition) is 0. The summed E-state index contributed by atoms with van der Waals surface area (Å²) in [7, 11) is 3.36. The van der Waals surface area contributed by atoms with Gasteiger partial charge in [0, 0.05) is 32.4 Å². The Balaban J connectivity index is 1.90. The van der Waals surface area contributed by atoms with E-state index in [0.717, 1.165) is 37.4 Å². The Labute approximate surface area is 127 Å². The molecular formula is C17H26FNO2. The minimum atomic E-state index is -0.141. The summed E-state index contributed by atoms with van der Waals surface area (Å²) < 4.78 is 24.2. The summed E-state index contributed by atoms with van der Waals surface area (Å²) in [6.45, 7) is 3.61. The third-order valence-corrected chi connectivity index (χ3v) is 4.21. The molecule has 0 aliphatic carbocycles. The highest BCUT2D eigenvalue weighted by atomic mass is 19.1. The summed E-state index contributed by atoms with van der Waals surface area (Å²) in [5.74, 6) is 1.29. The highest BCUT2D eigenvalue weighted by Crippen LogP contribution is 2.24. The number of piperidine rings is 1. The molecule has 1 unspecified atom stereocenters. The molecule has 1 aliphatic rings. The highest BCUT2D eigenvalue weighted by molar-refractivity contribution is 5.29. The lowest BCUT2D eigenvalue weighted by Crippen LogP contribution is -2.35. The van der Waals surface area contributed by atoms with E-state index in [2.05, 4.69) is 4.90 Å². The lowest BCUT2D eigenvalue weighted by atomic mass is 9.93. The summed E-state index contributed by atoms with van der Waals surface area (Å²) in [6, 6.07) is 4.97. The van der Waals surface area contributed by atoms with Crippen LogP contribution in [0.25, 0.3) is 0 Å². The lowest BCUT2D eigenvalue weighted by molar-refractivity contribution is 0.141. The van der Waals surface area contributed by atoms with Gasteiger partial charge < -0.3 is 9.47 Å². The van der Waals surface area contributed by atoms with E-state index in [4.69, 9.17) is 9.47 Å². The van der Waals surface area contributed by atoms with E-state index in [0.29, 0.717) is 12.5 Å². The molecule has 0 amide bonds. The minimum Gasteiger partial charge on any atom is -0.497 e. The molecule has 1 aromatic rings. The molecule has 4 heteroatoms. The Morgan fingerprint density at radius 1 is 1.33 bits per heavy atom. The number of benzene rings is 1. The van der Waals surface area contributed by atoms with Crippen LogP contribution in [0, 0.1) is 11.7 Å². The second-order valence-electron chi connectivity index (χ2n) is 5.84. The zero-order chi connectivity index (χ0) is 15.1. The molecule has 1 fully saturated rings. The molecule has 0 aromatic heterocycles. The van der Waals surface area contributed by atoms with Gasteiger partial charge >= 0.3 is 0 Å². The summed E-state index contributed by atoms with van der Waals surface area (Å²) in [4.78, 5) is 2.36. The van der Waals surface area contributed by atoms with Crippen LogP contribution in [0.5, 0.6) is 5.75 Å². The van der Waals surface area contributed by atoms with Crippen molar-refractivity contribution < 1.29 is 13.9 Å². The Morgan fingerprint density at radius 3 is 2.95 bits per heavy atom. The van der Waals surface area contributed by atoms with E-state index >= 15 is 0 Å². The Hall–Kier alpha value is -1.13. The van der Waals surface area contributed by atoms with Crippen molar-refractivity contribution in [3.05, 3.63) is 29.6 Å². The topological polar surface area (TPSA) is 21.7 Å². The number of ether oxygens (including phenoxy) is 2. The van der Waals surface area contributed by atoms with Gasteiger partial charge in [-0.2, -0.15) is 0 Å². The normalized spacial score (nSPS) is 19.7. The average molecular weight is 295 g/mol. The summed E-state index contributed by atoms with van der Waals surface area (Å²) in [5, 5.41) is 0. The van der Waals surface area contributed by atoms with Gasteiger partial charge in [-0.25, -0.2) is 4.39 Å². The van der Waals surface area contributed by atoms with E-state index in [1.807, 2.05) is 6.07 Å². The van der Waals surface area contributed by atoms with Crippen molar-refractivity contribution in [2.75, 3.05) is 33.9 Å². The predicted octanol–water partition coefficient (Wildman–Crippen LogP) is 3.47. The molecule has 1 saturated heterocycles. The molecule has 0 bridgehead atoms. The van der Waals surface area contributed by atoms with Crippen LogP contribution in [-0.2, 0) is 11.3 Å². The van der Waals surface area contributed by atoms with Crippen LogP contribution in [0.3, 0.4) is 0 Å². The Morgan fingerprint density at radius 2 is 2.19 bits per heavy atom. The van der Waals surface area contributed by atoms with Crippen molar-refractivity contribution in [3.63, 3.8) is 0 Å². The molecule has 1 atom stereocenters. The summed E-state index contributed by atoms with van der Waals surface area (Å²) in [6.07, 6.45) is 4.79. The van der Waals surface area contributed by atoms with Gasteiger partial charge in [0.15, 0.2) is 0 Å². The fraction of sp³-hybridized carbons (Fsp3) is 0.647. The van der Waals surface area contributed by atoms with E-state index < -0.39 is 0 Å². The minimum absolute atomic E-state index is 0.141. The third kappa shape index (κ3) is 4.97. The fourth-order valence-electron chi connectivity index (χ4n) is 3.09. The quantitative estimate of drug-likeness (QED) is 0.719. The molecule has 1 aromatic carbocycles. The number of hydrogen-bond acceptors (Lipinski definition) is 3. The van der Waals surface area contributed by atoms with Crippen LogP contribution < -0.4 is 4.74 Å². The van der Waals surface area contributed by atoms with Gasteiger partial charge in [-0.3, -0.25) is 4.90 Å². The maximum absolute atomic E-state index is 13.9. The van der Waals surface area contributed by atoms with Gasteiger partial charge in [0.05, 0.1) is 7.11 Å². The van der Waals surface area contributed by atoms with Crippen molar-refractivity contribution in [2.45, 2.75) is 32.2 Å². The molecule has 1 aliphatic heterocycles. The predicted molar refractivity (Wildman–Crippen MR) is 82.1 cm³/mol. The number of rotatable bonds is 7. The molecule has 1 heterocycles. The average Bonchev–Trinajstić information content (AvgIpc) is 2.50. The molecule has 3 nitrogen and oxygen atoms in total. The maximum Gasteiger partial charge on any atom is 0.127 e. The third-order valence-electron chi connectivity index (χ3n) is 4.21. The monoisotopic (exact) mass is 295 g/mol. The first-order chi connectivity index (χ1) is 10.2. The van der Waals surface area contributed by atoms with Gasteiger partial charge in [0.25, 0.3) is 0 Å². The highest BCUT2D eigenvalue weighted by Gasteiger charge is 2.20. The maximum atomic E-state index is 13.9. The second-order valence-corrected chi connectivity index (χ2v) is 5.84. The summed E-state index contributed by atoms with van der Waals surface area (Å²) >= 11 is 0. The van der Waals surface area contributed by atoms with Gasteiger partial charge in [0.1, 0.15) is 11.6 Å². The van der Waals surface area contributed by atoms with Gasteiger partial charge in [-0.05, 0) is 56.3 Å². The molecule has 0 radical (unpaired) electrons. The molecule has 118 valence electrons. The molecule has 2 rings (SSSR count). The van der Waals surface area contributed by atoms with Crippen molar-refractivity contribution in [2.24, 2.45) is 5.92 Å². The van der Waals surface area contributed by atoms with Gasteiger partial charge in [-0.15, -0.1) is 0 Å². The van der Waals surface area contributed by atoms with Crippen LogP contribution in [0.4, 0.5) is 4.39 Å². The molecular weight excluding hydrogens is 269 g/mol. The van der Waals surface area contributed by atoms with Crippen LogP contribution in [0.15, 0.2) is 18.2 Å². The number of likely N-dealkylation sites (tertiary alicyclic amines) is 1. The zero-order valence-electron chi connectivity index (χ0n) is 13.1. The van der Waals surface area contributed by atoms with Crippen LogP contribution in [0.2, 0.25) is 0 Å².